The van der Waals surface area contributed by atoms with Crippen molar-refractivity contribution in [2.45, 2.75) is 17.9 Å². The van der Waals surface area contributed by atoms with Crippen LogP contribution in [0, 0.1) is 5.82 Å². The second-order valence-electron chi connectivity index (χ2n) is 6.37. The second kappa shape index (κ2) is 7.37. The zero-order valence-electron chi connectivity index (χ0n) is 14.6. The van der Waals surface area contributed by atoms with E-state index in [1.54, 1.807) is 18.5 Å². The molecule has 1 aromatic carbocycles. The van der Waals surface area contributed by atoms with E-state index in [0.717, 1.165) is 42.0 Å². The quantitative estimate of drug-likeness (QED) is 0.655. The van der Waals surface area contributed by atoms with E-state index in [-0.39, 0.29) is 15.7 Å². The number of aromatic nitrogens is 2. The van der Waals surface area contributed by atoms with Crippen LogP contribution in [0.1, 0.15) is 11.3 Å². The Hall–Kier alpha value is -2.71. The summed E-state index contributed by atoms with van der Waals surface area (Å²) >= 11 is 6.11. The zero-order chi connectivity index (χ0) is 19.7. The highest BCUT2D eigenvalue weighted by Crippen LogP contribution is 2.30. The minimum absolute atomic E-state index is 0.0357. The van der Waals surface area contributed by atoms with Gasteiger partial charge in [-0.2, -0.15) is 0 Å². The summed E-state index contributed by atoms with van der Waals surface area (Å²) in [7, 11) is -3.92. The van der Waals surface area contributed by atoms with Crippen LogP contribution in [0.25, 0.3) is 0 Å². The van der Waals surface area contributed by atoms with Gasteiger partial charge in [-0.3, -0.25) is 9.71 Å². The molecular formula is C19H16ClFN4O2S. The van der Waals surface area contributed by atoms with E-state index in [1.807, 2.05) is 12.1 Å². The first-order valence-corrected chi connectivity index (χ1v) is 10.4. The number of benzene rings is 1. The summed E-state index contributed by atoms with van der Waals surface area (Å²) in [6.07, 6.45) is 4.18. The third-order valence-electron chi connectivity index (χ3n) is 4.52. The summed E-state index contributed by atoms with van der Waals surface area (Å²) in [6, 6.07) is 10.1. The molecule has 3 heterocycles. The third kappa shape index (κ3) is 3.79. The largest absolute Gasteiger partial charge is 0.365 e. The van der Waals surface area contributed by atoms with Crippen LogP contribution < -0.4 is 9.62 Å². The number of hydrogen-bond donors (Lipinski definition) is 1. The molecule has 0 bridgehead atoms. The van der Waals surface area contributed by atoms with Crippen LogP contribution in [-0.2, 0) is 23.0 Å². The van der Waals surface area contributed by atoms with Gasteiger partial charge in [0.1, 0.15) is 5.82 Å². The van der Waals surface area contributed by atoms with Crippen LogP contribution in [0.3, 0.4) is 0 Å². The van der Waals surface area contributed by atoms with Crippen LogP contribution in [0.15, 0.2) is 59.8 Å². The molecule has 0 fully saturated rings. The van der Waals surface area contributed by atoms with Crippen molar-refractivity contribution < 1.29 is 12.8 Å². The van der Waals surface area contributed by atoms with Gasteiger partial charge in [0.2, 0.25) is 0 Å². The van der Waals surface area contributed by atoms with Gasteiger partial charge < -0.3 is 4.90 Å². The van der Waals surface area contributed by atoms with Gasteiger partial charge in [-0.05, 0) is 42.0 Å². The number of rotatable bonds is 4. The van der Waals surface area contributed by atoms with E-state index in [9.17, 15) is 12.8 Å². The Bertz CT molecular complexity index is 1120. The van der Waals surface area contributed by atoms with E-state index in [4.69, 9.17) is 11.6 Å². The van der Waals surface area contributed by atoms with E-state index in [1.165, 1.54) is 12.1 Å². The van der Waals surface area contributed by atoms with Crippen molar-refractivity contribution in [3.63, 3.8) is 0 Å². The second-order valence-corrected chi connectivity index (χ2v) is 8.41. The highest BCUT2D eigenvalue weighted by atomic mass is 35.5. The molecule has 0 radical (unpaired) electrons. The first-order chi connectivity index (χ1) is 13.4. The van der Waals surface area contributed by atoms with Crippen LogP contribution >= 0.6 is 11.6 Å². The molecule has 144 valence electrons. The average Bonchev–Trinajstić information content (AvgIpc) is 2.69. The smallest absolute Gasteiger partial charge is 0.261 e. The molecule has 9 heteroatoms. The highest BCUT2D eigenvalue weighted by Gasteiger charge is 2.21. The van der Waals surface area contributed by atoms with Crippen molar-refractivity contribution in [3.8, 4) is 0 Å². The highest BCUT2D eigenvalue weighted by molar-refractivity contribution is 7.92. The molecule has 6 nitrogen and oxygen atoms in total. The molecule has 0 saturated carbocycles. The molecule has 28 heavy (non-hydrogen) atoms. The molecule has 0 aliphatic carbocycles. The normalized spacial score (nSPS) is 13.9. The molecule has 1 aliphatic rings. The number of nitrogens with one attached hydrogen (secondary N) is 1. The lowest BCUT2D eigenvalue weighted by atomic mass is 10.1. The minimum atomic E-state index is -3.92. The molecule has 1 aliphatic heterocycles. The summed E-state index contributed by atoms with van der Waals surface area (Å²) in [5.41, 5.74) is 3.10. The first kappa shape index (κ1) is 18.6. The fourth-order valence-corrected chi connectivity index (χ4v) is 4.35. The first-order valence-electron chi connectivity index (χ1n) is 8.54. The van der Waals surface area contributed by atoms with Crippen LogP contribution in [0.5, 0.6) is 0 Å². The van der Waals surface area contributed by atoms with Gasteiger partial charge in [-0.15, -0.1) is 0 Å². The lowest BCUT2D eigenvalue weighted by molar-refractivity contribution is 0.599. The van der Waals surface area contributed by atoms with Crippen molar-refractivity contribution in [1.29, 1.82) is 0 Å². The molecule has 0 saturated heterocycles. The van der Waals surface area contributed by atoms with Crippen LogP contribution in [0.4, 0.5) is 15.8 Å². The van der Waals surface area contributed by atoms with Gasteiger partial charge in [0, 0.05) is 31.4 Å². The van der Waals surface area contributed by atoms with Crippen molar-refractivity contribution in [2.24, 2.45) is 0 Å². The number of sulfonamides is 1. The number of nitrogens with zero attached hydrogens (tertiary/aromatic N) is 3. The Morgan fingerprint density at radius 3 is 2.71 bits per heavy atom. The Morgan fingerprint density at radius 2 is 1.93 bits per heavy atom. The van der Waals surface area contributed by atoms with E-state index >= 15 is 0 Å². The van der Waals surface area contributed by atoms with Gasteiger partial charge in [0.15, 0.2) is 5.15 Å². The number of halogens is 2. The Labute approximate surface area is 167 Å². The summed E-state index contributed by atoms with van der Waals surface area (Å²) < 4.78 is 40.7. The maximum absolute atomic E-state index is 13.1. The standard InChI is InChI=1S/C19H16ClFN4O2S/c20-19-18(24-28(26,27)16-5-3-14(21)4-6-16)10-15(11-23-19)25-9-7-17-13(12-25)2-1-8-22-17/h1-6,8,10-11,24H,7,9,12H2. The summed E-state index contributed by atoms with van der Waals surface area (Å²) in [6.45, 7) is 1.38. The Morgan fingerprint density at radius 1 is 1.14 bits per heavy atom. The predicted molar refractivity (Wildman–Crippen MR) is 105 cm³/mol. The fraction of sp³-hybridized carbons (Fsp3) is 0.158. The van der Waals surface area contributed by atoms with Crippen molar-refractivity contribution in [1.82, 2.24) is 9.97 Å². The Balaban J connectivity index is 1.60. The topological polar surface area (TPSA) is 75.2 Å². The van der Waals surface area contributed by atoms with E-state index < -0.39 is 15.8 Å². The number of fused-ring (bicyclic) bond motifs is 1. The van der Waals surface area contributed by atoms with Crippen molar-refractivity contribution in [2.75, 3.05) is 16.2 Å². The summed E-state index contributed by atoms with van der Waals surface area (Å²) in [5.74, 6) is -0.513. The SMILES string of the molecule is O=S(=O)(Nc1cc(N2CCc3ncccc3C2)cnc1Cl)c1ccc(F)cc1. The lowest BCUT2D eigenvalue weighted by Gasteiger charge is -2.30. The summed E-state index contributed by atoms with van der Waals surface area (Å²) in [5, 5.41) is 0.0357. The predicted octanol–water partition coefficient (Wildman–Crippen LogP) is 3.63. The van der Waals surface area contributed by atoms with Crippen LogP contribution in [-0.4, -0.2) is 24.9 Å². The van der Waals surface area contributed by atoms with E-state index in [0.29, 0.717) is 6.54 Å². The van der Waals surface area contributed by atoms with E-state index in [2.05, 4.69) is 19.6 Å². The molecule has 3 aromatic rings. The average molecular weight is 419 g/mol. The number of pyridine rings is 2. The molecule has 1 N–H and O–H groups in total. The maximum atomic E-state index is 13.1. The zero-order valence-corrected chi connectivity index (χ0v) is 16.2. The van der Waals surface area contributed by atoms with Gasteiger partial charge in [-0.25, -0.2) is 17.8 Å². The molecule has 4 rings (SSSR count). The molecule has 0 atom stereocenters. The molecule has 0 spiro atoms. The van der Waals surface area contributed by atoms with Crippen molar-refractivity contribution >= 4 is 33.0 Å². The number of anilines is 2. The number of hydrogen-bond acceptors (Lipinski definition) is 5. The molecular weight excluding hydrogens is 403 g/mol. The molecule has 0 unspecified atom stereocenters. The third-order valence-corrected chi connectivity index (χ3v) is 6.20. The van der Waals surface area contributed by atoms with Crippen molar-refractivity contribution in [3.05, 3.63) is 77.1 Å². The maximum Gasteiger partial charge on any atom is 0.261 e. The summed E-state index contributed by atoms with van der Waals surface area (Å²) in [4.78, 5) is 10.5. The Kier molecular flexibility index (Phi) is 4.91. The van der Waals surface area contributed by atoms with Gasteiger partial charge in [-0.1, -0.05) is 17.7 Å². The van der Waals surface area contributed by atoms with Crippen LogP contribution in [0.2, 0.25) is 5.15 Å². The molecule has 0 amide bonds. The lowest BCUT2D eigenvalue weighted by Crippen LogP contribution is -2.31. The minimum Gasteiger partial charge on any atom is -0.365 e. The monoisotopic (exact) mass is 418 g/mol. The van der Waals surface area contributed by atoms with Gasteiger partial charge >= 0.3 is 0 Å². The van der Waals surface area contributed by atoms with Gasteiger partial charge in [0.05, 0.1) is 22.5 Å². The van der Waals surface area contributed by atoms with Gasteiger partial charge in [0.25, 0.3) is 10.0 Å². The fourth-order valence-electron chi connectivity index (χ4n) is 3.09. The molecule has 2 aromatic heterocycles.